The molecule has 0 aromatic heterocycles. The molecule has 1 saturated carbocycles. The Balaban J connectivity index is 1.36. The van der Waals surface area contributed by atoms with Gasteiger partial charge in [0.15, 0.2) is 0 Å². The number of nitrogens with one attached hydrogen (secondary N) is 1. The number of fused-ring (bicyclic) bond motifs is 1. The fourth-order valence-corrected chi connectivity index (χ4v) is 5.52. The Labute approximate surface area is 144 Å². The van der Waals surface area contributed by atoms with E-state index in [0.717, 1.165) is 45.5 Å². The molecule has 1 N–H and O–H groups in total. The summed E-state index contributed by atoms with van der Waals surface area (Å²) in [4.78, 5) is 2.48. The van der Waals surface area contributed by atoms with Crippen molar-refractivity contribution in [2.45, 2.75) is 24.5 Å². The van der Waals surface area contributed by atoms with E-state index in [9.17, 15) is 8.42 Å². The Hall–Kier alpha value is -0.950. The van der Waals surface area contributed by atoms with Crippen molar-refractivity contribution in [3.8, 4) is 0 Å². The van der Waals surface area contributed by atoms with Gasteiger partial charge < -0.3 is 9.64 Å². The van der Waals surface area contributed by atoms with Gasteiger partial charge >= 0.3 is 0 Å². The molecule has 0 radical (unpaired) electrons. The van der Waals surface area contributed by atoms with Crippen LogP contribution in [0.25, 0.3) is 0 Å². The van der Waals surface area contributed by atoms with Gasteiger partial charge in [0.1, 0.15) is 0 Å². The average Bonchev–Trinajstić information content (AvgIpc) is 3.29. The summed E-state index contributed by atoms with van der Waals surface area (Å²) in [5.74, 6) is 0.440. The molecule has 2 atom stereocenters. The number of ether oxygens (including phenoxy) is 1. The molecule has 132 valence electrons. The maximum atomic E-state index is 12.2. The quantitative estimate of drug-likeness (QED) is 0.804. The van der Waals surface area contributed by atoms with Crippen LogP contribution in [-0.4, -0.2) is 58.0 Å². The van der Waals surface area contributed by atoms with Crippen molar-refractivity contribution in [2.24, 2.45) is 11.3 Å². The van der Waals surface area contributed by atoms with Crippen LogP contribution in [0, 0.1) is 11.3 Å². The van der Waals surface area contributed by atoms with E-state index in [0.29, 0.717) is 19.1 Å². The molecule has 3 fully saturated rings. The Kier molecular flexibility index (Phi) is 4.41. The smallest absolute Gasteiger partial charge is 0.214 e. The third kappa shape index (κ3) is 3.38. The lowest BCUT2D eigenvalue weighted by Crippen LogP contribution is -2.44. The van der Waals surface area contributed by atoms with Gasteiger partial charge in [-0.15, -0.1) is 0 Å². The van der Waals surface area contributed by atoms with Crippen LogP contribution in [0.5, 0.6) is 0 Å². The predicted octanol–water partition coefficient (Wildman–Crippen LogP) is 1.26. The summed E-state index contributed by atoms with van der Waals surface area (Å²) in [7, 11) is -3.12. The molecule has 0 spiro atoms. The van der Waals surface area contributed by atoms with Gasteiger partial charge in [-0.2, -0.15) is 0 Å². The van der Waals surface area contributed by atoms with Crippen LogP contribution < -0.4 is 4.72 Å². The largest absolute Gasteiger partial charge is 0.380 e. The molecule has 1 aromatic rings. The van der Waals surface area contributed by atoms with E-state index in [1.54, 1.807) is 0 Å². The summed E-state index contributed by atoms with van der Waals surface area (Å²) in [6.07, 6.45) is 2.66. The van der Waals surface area contributed by atoms with E-state index in [4.69, 9.17) is 4.74 Å². The lowest BCUT2D eigenvalue weighted by Gasteiger charge is -2.27. The molecule has 24 heavy (non-hydrogen) atoms. The zero-order chi connectivity index (χ0) is 16.6. The number of nitrogens with zero attached hydrogens (tertiary/aromatic N) is 1. The molecular weight excluding hydrogens is 324 g/mol. The van der Waals surface area contributed by atoms with Crippen molar-refractivity contribution >= 4 is 10.0 Å². The van der Waals surface area contributed by atoms with Gasteiger partial charge in [-0.3, -0.25) is 0 Å². The van der Waals surface area contributed by atoms with E-state index in [2.05, 4.69) is 33.9 Å². The first kappa shape index (κ1) is 16.5. The normalized spacial score (nSPS) is 30.6. The van der Waals surface area contributed by atoms with E-state index in [1.165, 1.54) is 5.56 Å². The number of hydrogen-bond donors (Lipinski definition) is 1. The second kappa shape index (κ2) is 6.41. The number of sulfonamides is 1. The topological polar surface area (TPSA) is 58.6 Å². The monoisotopic (exact) mass is 350 g/mol. The molecule has 0 amide bonds. The number of hydrogen-bond acceptors (Lipinski definition) is 4. The molecule has 2 saturated heterocycles. The van der Waals surface area contributed by atoms with Crippen LogP contribution in [0.1, 0.15) is 18.4 Å². The summed E-state index contributed by atoms with van der Waals surface area (Å²) in [5, 5.41) is -0.148. The fourth-order valence-electron chi connectivity index (χ4n) is 4.04. The van der Waals surface area contributed by atoms with Crippen LogP contribution in [0.15, 0.2) is 30.3 Å². The standard InChI is InChI=1S/C18H26N2O3S/c21-24(22,17-6-7-17)19-12-18-13-20(10-16(18)11-23-14-18)9-8-15-4-2-1-3-5-15/h1-5,16-17,19H,6-14H2/t16-,18+/m0/s1. The Bertz CT molecular complexity index is 675. The van der Waals surface area contributed by atoms with Gasteiger partial charge in [0.2, 0.25) is 10.0 Å². The molecule has 6 heteroatoms. The maximum absolute atomic E-state index is 12.2. The van der Waals surface area contributed by atoms with Crippen LogP contribution in [-0.2, 0) is 21.2 Å². The van der Waals surface area contributed by atoms with Gasteiger partial charge in [0, 0.05) is 37.5 Å². The highest BCUT2D eigenvalue weighted by atomic mass is 32.2. The molecule has 5 nitrogen and oxygen atoms in total. The predicted molar refractivity (Wildman–Crippen MR) is 93.3 cm³/mol. The van der Waals surface area contributed by atoms with Gasteiger partial charge in [-0.1, -0.05) is 30.3 Å². The van der Waals surface area contributed by atoms with E-state index in [-0.39, 0.29) is 10.7 Å². The van der Waals surface area contributed by atoms with Gasteiger partial charge in [0.05, 0.1) is 18.5 Å². The van der Waals surface area contributed by atoms with Crippen LogP contribution >= 0.6 is 0 Å². The van der Waals surface area contributed by atoms with Crippen molar-refractivity contribution < 1.29 is 13.2 Å². The van der Waals surface area contributed by atoms with Crippen molar-refractivity contribution in [1.82, 2.24) is 9.62 Å². The highest BCUT2D eigenvalue weighted by molar-refractivity contribution is 7.90. The highest BCUT2D eigenvalue weighted by Gasteiger charge is 2.51. The van der Waals surface area contributed by atoms with Gasteiger partial charge in [-0.05, 0) is 24.8 Å². The molecule has 1 aliphatic carbocycles. The third-order valence-corrected chi connectivity index (χ3v) is 7.64. The highest BCUT2D eigenvalue weighted by Crippen LogP contribution is 2.41. The first-order valence-electron chi connectivity index (χ1n) is 8.90. The summed E-state index contributed by atoms with van der Waals surface area (Å²) in [6.45, 7) is 4.92. The molecule has 0 bridgehead atoms. The zero-order valence-corrected chi connectivity index (χ0v) is 14.8. The Morgan fingerprint density at radius 2 is 2.04 bits per heavy atom. The summed E-state index contributed by atoms with van der Waals surface area (Å²) >= 11 is 0. The first-order chi connectivity index (χ1) is 11.6. The van der Waals surface area contributed by atoms with Crippen molar-refractivity contribution in [1.29, 1.82) is 0 Å². The van der Waals surface area contributed by atoms with Crippen LogP contribution in [0.3, 0.4) is 0 Å². The molecular formula is C18H26N2O3S. The van der Waals surface area contributed by atoms with Crippen molar-refractivity contribution in [3.05, 3.63) is 35.9 Å². The van der Waals surface area contributed by atoms with Crippen molar-refractivity contribution in [2.75, 3.05) is 39.4 Å². The maximum Gasteiger partial charge on any atom is 0.214 e. The second-order valence-electron chi connectivity index (χ2n) is 7.61. The number of rotatable bonds is 7. The minimum Gasteiger partial charge on any atom is -0.380 e. The first-order valence-corrected chi connectivity index (χ1v) is 10.4. The third-order valence-electron chi connectivity index (χ3n) is 5.74. The molecule has 4 rings (SSSR count). The molecule has 3 aliphatic rings. The second-order valence-corrected chi connectivity index (χ2v) is 9.66. The molecule has 2 heterocycles. The number of benzene rings is 1. The molecule has 2 aliphatic heterocycles. The summed E-state index contributed by atoms with van der Waals surface area (Å²) in [6, 6.07) is 10.5. The summed E-state index contributed by atoms with van der Waals surface area (Å²) < 4.78 is 32.9. The fraction of sp³-hybridized carbons (Fsp3) is 0.667. The van der Waals surface area contributed by atoms with Crippen molar-refractivity contribution in [3.63, 3.8) is 0 Å². The zero-order valence-electron chi connectivity index (χ0n) is 14.0. The molecule has 0 unspecified atom stereocenters. The minimum atomic E-state index is -3.12. The number of likely N-dealkylation sites (tertiary alicyclic amines) is 1. The minimum absolute atomic E-state index is 0.0430. The Morgan fingerprint density at radius 3 is 2.79 bits per heavy atom. The van der Waals surface area contributed by atoms with Gasteiger partial charge in [-0.25, -0.2) is 13.1 Å². The van der Waals surface area contributed by atoms with Crippen LogP contribution in [0.4, 0.5) is 0 Å². The Morgan fingerprint density at radius 1 is 1.25 bits per heavy atom. The lowest BCUT2D eigenvalue weighted by molar-refractivity contribution is 0.130. The van der Waals surface area contributed by atoms with Crippen LogP contribution in [0.2, 0.25) is 0 Å². The van der Waals surface area contributed by atoms with Gasteiger partial charge in [0.25, 0.3) is 0 Å². The average molecular weight is 350 g/mol. The summed E-state index contributed by atoms with van der Waals surface area (Å²) in [5.41, 5.74) is 1.31. The van der Waals surface area contributed by atoms with E-state index < -0.39 is 10.0 Å². The van der Waals surface area contributed by atoms with E-state index in [1.807, 2.05) is 6.07 Å². The SMILES string of the molecule is O=S(=O)(NC[C@@]12COC[C@@H]1CN(CCc1ccccc1)C2)C1CC1. The van der Waals surface area contributed by atoms with E-state index >= 15 is 0 Å². The molecule has 1 aromatic carbocycles. The lowest BCUT2D eigenvalue weighted by atomic mass is 9.81.